The van der Waals surface area contributed by atoms with E-state index >= 15 is 0 Å². The van der Waals surface area contributed by atoms with Gasteiger partial charge in [-0.3, -0.25) is 14.5 Å². The van der Waals surface area contributed by atoms with Gasteiger partial charge in [0.1, 0.15) is 18.5 Å². The Hall–Kier alpha value is -3.92. The number of ether oxygens (including phenoxy) is 1. The predicted octanol–water partition coefficient (Wildman–Crippen LogP) is 5.09. The van der Waals surface area contributed by atoms with Gasteiger partial charge in [-0.25, -0.2) is 9.18 Å². The third-order valence-electron chi connectivity index (χ3n) is 10.2. The Morgan fingerprint density at radius 3 is 2.53 bits per heavy atom. The number of rotatable bonds is 8. The summed E-state index contributed by atoms with van der Waals surface area (Å²) in [5.41, 5.74) is 2.29. The van der Waals surface area contributed by atoms with Crippen molar-refractivity contribution in [3.8, 4) is 0 Å². The maximum absolute atomic E-state index is 14.6. The summed E-state index contributed by atoms with van der Waals surface area (Å²) in [4.78, 5) is 47.8. The van der Waals surface area contributed by atoms with E-state index in [0.29, 0.717) is 11.9 Å². The van der Waals surface area contributed by atoms with Gasteiger partial charge in [-0.15, -0.1) is 0 Å². The van der Waals surface area contributed by atoms with Crippen LogP contribution in [0, 0.1) is 17.7 Å². The quantitative estimate of drug-likeness (QED) is 0.325. The van der Waals surface area contributed by atoms with Crippen molar-refractivity contribution >= 4 is 28.8 Å². The SMILES string of the molecule is CC[C@@H](C)C(=O)N[C@H](C(=O)N1C[C@@H](O)[C@@H]2[C@H]1[C@@H](c1c[nH]c3cc(F)ccc13)CN2C(=O)OCc1ccccc1)C1CCCCC1. The van der Waals surface area contributed by atoms with Crippen molar-refractivity contribution in [3.63, 3.8) is 0 Å². The molecule has 2 aliphatic heterocycles. The Balaban J connectivity index is 1.34. The zero-order valence-corrected chi connectivity index (χ0v) is 26.0. The first-order valence-electron chi connectivity index (χ1n) is 16.3. The number of aromatic amines is 1. The van der Waals surface area contributed by atoms with E-state index in [2.05, 4.69) is 10.3 Å². The molecule has 9 nitrogen and oxygen atoms in total. The number of halogens is 1. The van der Waals surface area contributed by atoms with Gasteiger partial charge in [0, 0.05) is 42.0 Å². The number of H-pyrrole nitrogens is 1. The van der Waals surface area contributed by atoms with Gasteiger partial charge in [-0.2, -0.15) is 0 Å². The van der Waals surface area contributed by atoms with Crippen LogP contribution in [0.4, 0.5) is 9.18 Å². The summed E-state index contributed by atoms with van der Waals surface area (Å²) in [6, 6.07) is 11.9. The molecule has 1 aromatic heterocycles. The largest absolute Gasteiger partial charge is 0.445 e. The third kappa shape index (κ3) is 6.17. The molecule has 0 radical (unpaired) electrons. The Kier molecular flexibility index (Phi) is 9.12. The van der Waals surface area contributed by atoms with Crippen molar-refractivity contribution in [1.29, 1.82) is 0 Å². The van der Waals surface area contributed by atoms with Gasteiger partial charge in [0.25, 0.3) is 0 Å². The lowest BCUT2D eigenvalue weighted by Crippen LogP contribution is -2.55. The first kappa shape index (κ1) is 31.1. The molecule has 3 fully saturated rings. The highest BCUT2D eigenvalue weighted by molar-refractivity contribution is 5.90. The van der Waals surface area contributed by atoms with Crippen molar-refractivity contribution < 1.29 is 28.6 Å². The lowest BCUT2D eigenvalue weighted by molar-refractivity contribution is -0.140. The van der Waals surface area contributed by atoms with Crippen LogP contribution in [0.25, 0.3) is 10.9 Å². The number of hydrogen-bond donors (Lipinski definition) is 3. The van der Waals surface area contributed by atoms with Crippen LogP contribution in [-0.2, 0) is 20.9 Å². The average molecular weight is 619 g/mol. The molecule has 10 heteroatoms. The van der Waals surface area contributed by atoms with Crippen LogP contribution in [0.3, 0.4) is 0 Å². The van der Waals surface area contributed by atoms with Crippen LogP contribution in [-0.4, -0.2) is 75.1 Å². The van der Waals surface area contributed by atoms with Crippen LogP contribution in [0.1, 0.15) is 69.4 Å². The van der Waals surface area contributed by atoms with Crippen LogP contribution in [0.2, 0.25) is 0 Å². The number of nitrogens with zero attached hydrogens (tertiary/aromatic N) is 2. The monoisotopic (exact) mass is 618 g/mol. The standard InChI is InChI=1S/C35H43FN4O5/c1-3-21(2)33(42)38-30(23-12-8-5-9-13-23)34(43)39-19-29(41)32-31(39)27(26-17-37-28-16-24(36)14-15-25(26)28)18-40(32)35(44)45-20-22-10-6-4-7-11-22/h4,6-7,10-11,14-17,21,23,27,29-32,37,41H,3,5,8-9,12-13,18-20H2,1-2H3,(H,38,42)/t21-,27-,29-,30+,31-,32-/m1/s1. The van der Waals surface area contributed by atoms with Crippen LogP contribution in [0.15, 0.2) is 54.7 Å². The Bertz CT molecular complexity index is 1520. The number of nitrogens with one attached hydrogen (secondary N) is 2. The molecule has 45 heavy (non-hydrogen) atoms. The van der Waals surface area contributed by atoms with E-state index in [4.69, 9.17) is 4.74 Å². The number of amides is 3. The summed E-state index contributed by atoms with van der Waals surface area (Å²) in [5.74, 6) is -1.35. The first-order valence-corrected chi connectivity index (χ1v) is 16.3. The van der Waals surface area contributed by atoms with Crippen molar-refractivity contribution in [3.05, 3.63) is 71.7 Å². The topological polar surface area (TPSA) is 115 Å². The number of likely N-dealkylation sites (tertiary alicyclic amines) is 2. The van der Waals surface area contributed by atoms with Gasteiger partial charge < -0.3 is 25.0 Å². The molecule has 1 aliphatic carbocycles. The first-order chi connectivity index (χ1) is 21.8. The second-order valence-electron chi connectivity index (χ2n) is 13.0. The fourth-order valence-electron chi connectivity index (χ4n) is 7.59. The fraction of sp³-hybridized carbons (Fsp3) is 0.514. The summed E-state index contributed by atoms with van der Waals surface area (Å²) >= 11 is 0. The van der Waals surface area contributed by atoms with Crippen LogP contribution < -0.4 is 5.32 Å². The maximum Gasteiger partial charge on any atom is 0.410 e. The summed E-state index contributed by atoms with van der Waals surface area (Å²) in [7, 11) is 0. The zero-order valence-electron chi connectivity index (χ0n) is 26.0. The molecule has 3 amide bonds. The highest BCUT2D eigenvalue weighted by atomic mass is 19.1. The molecule has 3 N–H and O–H groups in total. The Morgan fingerprint density at radius 1 is 1.04 bits per heavy atom. The zero-order chi connectivity index (χ0) is 31.7. The smallest absolute Gasteiger partial charge is 0.410 e. The van der Waals surface area contributed by atoms with E-state index in [0.717, 1.165) is 48.6 Å². The molecule has 2 saturated heterocycles. The van der Waals surface area contributed by atoms with E-state index in [9.17, 15) is 23.9 Å². The molecule has 0 bridgehead atoms. The van der Waals surface area contributed by atoms with Crippen LogP contribution >= 0.6 is 0 Å². The highest BCUT2D eigenvalue weighted by Crippen LogP contribution is 2.44. The van der Waals surface area contributed by atoms with Crippen molar-refractivity contribution in [2.24, 2.45) is 11.8 Å². The molecule has 0 unspecified atom stereocenters. The second kappa shape index (κ2) is 13.2. The minimum atomic E-state index is -1.01. The van der Waals surface area contributed by atoms with Gasteiger partial charge in [0.05, 0.1) is 18.2 Å². The van der Waals surface area contributed by atoms with Gasteiger partial charge in [-0.05, 0) is 54.5 Å². The number of carbonyl (C=O) groups is 3. The van der Waals surface area contributed by atoms with E-state index < -0.39 is 30.3 Å². The number of β-amino-alcohol motifs (C(OH)–C–C–N with tert-alkyl or cyclic N) is 1. The lowest BCUT2D eigenvalue weighted by atomic mass is 9.82. The van der Waals surface area contributed by atoms with E-state index in [-0.39, 0.29) is 55.1 Å². The second-order valence-corrected chi connectivity index (χ2v) is 13.0. The number of fused-ring (bicyclic) bond motifs is 2. The van der Waals surface area contributed by atoms with Gasteiger partial charge in [0.15, 0.2) is 0 Å². The average Bonchev–Trinajstić information content (AvgIpc) is 3.75. The van der Waals surface area contributed by atoms with E-state index in [1.165, 1.54) is 12.1 Å². The summed E-state index contributed by atoms with van der Waals surface area (Å²) < 4.78 is 19.8. The molecule has 1 saturated carbocycles. The van der Waals surface area contributed by atoms with Gasteiger partial charge in [-0.1, -0.05) is 63.4 Å². The number of benzene rings is 2. The summed E-state index contributed by atoms with van der Waals surface area (Å²) in [6.07, 6.45) is 5.68. The maximum atomic E-state index is 14.6. The normalized spacial score (nSPS) is 24.8. The molecule has 240 valence electrons. The molecule has 0 spiro atoms. The number of aliphatic hydroxyl groups is 1. The van der Waals surface area contributed by atoms with Gasteiger partial charge >= 0.3 is 6.09 Å². The molecule has 6 atom stereocenters. The van der Waals surface area contributed by atoms with Gasteiger partial charge in [0.2, 0.25) is 11.8 Å². The van der Waals surface area contributed by atoms with Crippen molar-refractivity contribution in [1.82, 2.24) is 20.1 Å². The molecular weight excluding hydrogens is 575 g/mol. The summed E-state index contributed by atoms with van der Waals surface area (Å²) in [5, 5.41) is 15.4. The fourth-order valence-corrected chi connectivity index (χ4v) is 7.59. The lowest BCUT2D eigenvalue weighted by Gasteiger charge is -2.36. The Morgan fingerprint density at radius 2 is 1.80 bits per heavy atom. The minimum absolute atomic E-state index is 0.00157. The predicted molar refractivity (Wildman–Crippen MR) is 168 cm³/mol. The molecular formula is C35H43FN4O5. The number of aromatic nitrogens is 1. The number of aliphatic hydroxyl groups excluding tert-OH is 1. The minimum Gasteiger partial charge on any atom is -0.445 e. The van der Waals surface area contributed by atoms with E-state index in [1.54, 1.807) is 22.1 Å². The molecule has 2 aromatic carbocycles. The molecule has 3 aromatic rings. The summed E-state index contributed by atoms with van der Waals surface area (Å²) in [6.45, 7) is 4.13. The Labute approximate surface area is 263 Å². The number of hydrogen-bond acceptors (Lipinski definition) is 5. The molecule has 3 heterocycles. The molecule has 6 rings (SSSR count). The highest BCUT2D eigenvalue weighted by Gasteiger charge is 2.58. The third-order valence-corrected chi connectivity index (χ3v) is 10.2. The number of carbonyl (C=O) groups excluding carboxylic acids is 3. The van der Waals surface area contributed by atoms with Crippen molar-refractivity contribution in [2.75, 3.05) is 13.1 Å². The van der Waals surface area contributed by atoms with Crippen LogP contribution in [0.5, 0.6) is 0 Å². The van der Waals surface area contributed by atoms with Crippen molar-refractivity contribution in [2.45, 2.75) is 89.1 Å². The molecule has 3 aliphatic rings. The van der Waals surface area contributed by atoms with E-state index in [1.807, 2.05) is 44.2 Å².